The SMILES string of the molecule is Fc1cc(Cl)ccc1-c1nnc(C2CCc3nnnn3CC2)o1. The van der Waals surface area contributed by atoms with Crippen LogP contribution >= 0.6 is 11.6 Å². The molecule has 1 aromatic carbocycles. The second-order valence-corrected chi connectivity index (χ2v) is 5.85. The van der Waals surface area contributed by atoms with E-state index in [4.69, 9.17) is 16.0 Å². The average molecular weight is 335 g/mol. The van der Waals surface area contributed by atoms with Crippen molar-refractivity contribution >= 4 is 11.6 Å². The summed E-state index contributed by atoms with van der Waals surface area (Å²) >= 11 is 5.76. The zero-order valence-corrected chi connectivity index (χ0v) is 12.7. The highest BCUT2D eigenvalue weighted by molar-refractivity contribution is 6.30. The van der Waals surface area contributed by atoms with Gasteiger partial charge in [-0.2, -0.15) is 0 Å². The normalized spacial score (nSPS) is 17.7. The van der Waals surface area contributed by atoms with Crippen LogP contribution in [0, 0.1) is 5.82 Å². The van der Waals surface area contributed by atoms with Crippen molar-refractivity contribution in [1.29, 1.82) is 0 Å². The predicted octanol–water partition coefficient (Wildman–Crippen LogP) is 2.64. The van der Waals surface area contributed by atoms with E-state index in [9.17, 15) is 4.39 Å². The van der Waals surface area contributed by atoms with Gasteiger partial charge in [-0.25, -0.2) is 9.07 Å². The van der Waals surface area contributed by atoms with Gasteiger partial charge in [0.1, 0.15) is 5.82 Å². The Morgan fingerprint density at radius 1 is 1.22 bits per heavy atom. The molecule has 0 saturated heterocycles. The summed E-state index contributed by atoms with van der Waals surface area (Å²) in [6, 6.07) is 4.35. The van der Waals surface area contributed by atoms with Gasteiger partial charge in [0.05, 0.1) is 5.56 Å². The first-order valence-electron chi connectivity index (χ1n) is 7.24. The van der Waals surface area contributed by atoms with Gasteiger partial charge < -0.3 is 4.42 Å². The monoisotopic (exact) mass is 334 g/mol. The average Bonchev–Trinajstić information content (AvgIpc) is 3.14. The summed E-state index contributed by atoms with van der Waals surface area (Å²) in [6.07, 6.45) is 2.35. The van der Waals surface area contributed by atoms with Gasteiger partial charge >= 0.3 is 0 Å². The second-order valence-electron chi connectivity index (χ2n) is 5.41. The lowest BCUT2D eigenvalue weighted by Crippen LogP contribution is -2.04. The van der Waals surface area contributed by atoms with Crippen molar-refractivity contribution in [2.75, 3.05) is 0 Å². The number of benzene rings is 1. The van der Waals surface area contributed by atoms with Crippen molar-refractivity contribution < 1.29 is 8.81 Å². The lowest BCUT2D eigenvalue weighted by molar-refractivity contribution is 0.412. The molecule has 1 atom stereocenters. The van der Waals surface area contributed by atoms with Crippen LogP contribution in [-0.2, 0) is 13.0 Å². The van der Waals surface area contributed by atoms with Crippen LogP contribution in [0.15, 0.2) is 22.6 Å². The van der Waals surface area contributed by atoms with E-state index in [0.717, 1.165) is 25.1 Å². The quantitative estimate of drug-likeness (QED) is 0.716. The Kier molecular flexibility index (Phi) is 3.53. The second kappa shape index (κ2) is 5.69. The van der Waals surface area contributed by atoms with Crippen LogP contribution in [0.2, 0.25) is 5.02 Å². The van der Waals surface area contributed by atoms with Crippen LogP contribution in [0.1, 0.15) is 30.5 Å². The molecule has 3 aromatic rings. The molecule has 1 aliphatic rings. The number of halogens is 2. The highest BCUT2D eigenvalue weighted by Crippen LogP contribution is 2.30. The Morgan fingerprint density at radius 3 is 3.00 bits per heavy atom. The smallest absolute Gasteiger partial charge is 0.250 e. The zero-order valence-electron chi connectivity index (χ0n) is 12.0. The molecule has 9 heteroatoms. The number of hydrogen-bond acceptors (Lipinski definition) is 6. The third kappa shape index (κ3) is 2.70. The molecule has 0 saturated carbocycles. The standard InChI is InChI=1S/C14H12ClFN6O/c15-9-2-3-10(11(16)7-9)14-19-18-13(23-14)8-1-4-12-17-20-21-22(12)6-5-8/h2-3,7-8H,1,4-6H2. The van der Waals surface area contributed by atoms with Gasteiger partial charge in [0, 0.05) is 23.9 Å². The summed E-state index contributed by atoms with van der Waals surface area (Å²) in [5.74, 6) is 1.14. The number of aromatic nitrogens is 6. The maximum atomic E-state index is 14.0. The molecule has 1 aliphatic heterocycles. The maximum Gasteiger partial charge on any atom is 0.250 e. The molecule has 0 amide bonds. The molecule has 1 unspecified atom stereocenters. The molecule has 0 fully saturated rings. The number of tetrazole rings is 1. The van der Waals surface area contributed by atoms with E-state index >= 15 is 0 Å². The highest BCUT2D eigenvalue weighted by atomic mass is 35.5. The maximum absolute atomic E-state index is 14.0. The first-order chi connectivity index (χ1) is 11.2. The van der Waals surface area contributed by atoms with Crippen LogP contribution in [0.3, 0.4) is 0 Å². The lowest BCUT2D eigenvalue weighted by Gasteiger charge is -2.07. The van der Waals surface area contributed by atoms with E-state index in [1.807, 2.05) is 0 Å². The Labute approximate surface area is 135 Å². The summed E-state index contributed by atoms with van der Waals surface area (Å²) in [5, 5.41) is 20.0. The van der Waals surface area contributed by atoms with Crippen LogP contribution in [0.25, 0.3) is 11.5 Å². The highest BCUT2D eigenvalue weighted by Gasteiger charge is 2.24. The van der Waals surface area contributed by atoms with Gasteiger partial charge in [0.25, 0.3) is 5.89 Å². The number of hydrogen-bond donors (Lipinski definition) is 0. The fraction of sp³-hybridized carbons (Fsp3) is 0.357. The molecule has 0 aliphatic carbocycles. The van der Waals surface area contributed by atoms with Gasteiger partial charge in [-0.05, 0) is 41.5 Å². The molecular weight excluding hydrogens is 323 g/mol. The fourth-order valence-corrected chi connectivity index (χ4v) is 2.88. The van der Waals surface area contributed by atoms with Gasteiger partial charge in [-0.1, -0.05) is 11.6 Å². The van der Waals surface area contributed by atoms with Gasteiger partial charge in [-0.3, -0.25) is 0 Å². The van der Waals surface area contributed by atoms with Crippen molar-refractivity contribution in [3.8, 4) is 11.5 Å². The molecule has 7 nitrogen and oxygen atoms in total. The van der Waals surface area contributed by atoms with E-state index in [1.54, 1.807) is 10.7 Å². The van der Waals surface area contributed by atoms with Crippen LogP contribution in [-0.4, -0.2) is 30.4 Å². The van der Waals surface area contributed by atoms with E-state index in [0.29, 0.717) is 17.5 Å². The van der Waals surface area contributed by atoms with E-state index in [1.165, 1.54) is 12.1 Å². The number of aryl methyl sites for hydroxylation is 2. The van der Waals surface area contributed by atoms with Crippen molar-refractivity contribution in [3.63, 3.8) is 0 Å². The zero-order chi connectivity index (χ0) is 15.8. The van der Waals surface area contributed by atoms with Crippen molar-refractivity contribution in [2.45, 2.75) is 31.7 Å². The first kappa shape index (κ1) is 14.3. The van der Waals surface area contributed by atoms with E-state index in [-0.39, 0.29) is 17.4 Å². The Morgan fingerprint density at radius 2 is 2.13 bits per heavy atom. The summed E-state index contributed by atoms with van der Waals surface area (Å²) < 4.78 is 21.4. The molecule has 0 spiro atoms. The predicted molar refractivity (Wildman–Crippen MR) is 78.2 cm³/mol. The molecule has 23 heavy (non-hydrogen) atoms. The summed E-state index contributed by atoms with van der Waals surface area (Å²) in [7, 11) is 0. The molecule has 0 bridgehead atoms. The minimum absolute atomic E-state index is 0.0927. The number of nitrogens with zero attached hydrogens (tertiary/aromatic N) is 6. The van der Waals surface area contributed by atoms with Gasteiger partial charge in [0.15, 0.2) is 5.82 Å². The minimum atomic E-state index is -0.482. The van der Waals surface area contributed by atoms with Gasteiger partial charge in [0.2, 0.25) is 5.89 Å². The lowest BCUT2D eigenvalue weighted by atomic mass is 10.0. The number of fused-ring (bicyclic) bond motifs is 1. The molecule has 2 aromatic heterocycles. The Bertz CT molecular complexity index is 825. The minimum Gasteiger partial charge on any atom is -0.420 e. The molecule has 4 rings (SSSR count). The number of rotatable bonds is 2. The van der Waals surface area contributed by atoms with Gasteiger partial charge in [-0.15, -0.1) is 15.3 Å². The largest absolute Gasteiger partial charge is 0.420 e. The Balaban J connectivity index is 1.57. The third-order valence-corrected chi connectivity index (χ3v) is 4.20. The molecule has 3 heterocycles. The third-order valence-electron chi connectivity index (χ3n) is 3.96. The van der Waals surface area contributed by atoms with E-state index < -0.39 is 5.82 Å². The summed E-state index contributed by atoms with van der Waals surface area (Å²) in [4.78, 5) is 0. The molecule has 0 N–H and O–H groups in total. The van der Waals surface area contributed by atoms with Crippen molar-refractivity contribution in [2.24, 2.45) is 0 Å². The first-order valence-corrected chi connectivity index (χ1v) is 7.62. The molecule has 0 radical (unpaired) electrons. The van der Waals surface area contributed by atoms with Crippen molar-refractivity contribution in [1.82, 2.24) is 30.4 Å². The van der Waals surface area contributed by atoms with Crippen LogP contribution in [0.4, 0.5) is 4.39 Å². The Hall–Kier alpha value is -2.35. The van der Waals surface area contributed by atoms with Crippen LogP contribution in [0.5, 0.6) is 0 Å². The molecular formula is C14H12ClFN6O. The van der Waals surface area contributed by atoms with Crippen molar-refractivity contribution in [3.05, 3.63) is 40.8 Å². The fourth-order valence-electron chi connectivity index (χ4n) is 2.72. The summed E-state index contributed by atoms with van der Waals surface area (Å²) in [6.45, 7) is 0.694. The summed E-state index contributed by atoms with van der Waals surface area (Å²) in [5.41, 5.74) is 0.251. The van der Waals surface area contributed by atoms with Crippen LogP contribution < -0.4 is 0 Å². The van der Waals surface area contributed by atoms with E-state index in [2.05, 4.69) is 25.7 Å². The topological polar surface area (TPSA) is 82.5 Å². The molecule has 118 valence electrons.